The van der Waals surface area contributed by atoms with Gasteiger partial charge in [-0.25, -0.2) is 0 Å². The predicted molar refractivity (Wildman–Crippen MR) is 108 cm³/mol. The molecule has 5 nitrogen and oxygen atoms in total. The maximum atomic E-state index is 6.10. The molecule has 1 aliphatic heterocycles. The van der Waals surface area contributed by atoms with Crippen molar-refractivity contribution in [2.45, 2.75) is 12.8 Å². The smallest absolute Gasteiger partial charge is 0.227 e. The van der Waals surface area contributed by atoms with E-state index in [1.165, 1.54) is 5.69 Å². The molecular weight excluding hydrogens is 360 g/mol. The number of piperazine rings is 1. The predicted octanol–water partition coefficient (Wildman–Crippen LogP) is 4.14. The molecule has 0 saturated carbocycles. The van der Waals surface area contributed by atoms with Crippen LogP contribution in [0.4, 0.5) is 5.69 Å². The number of aromatic nitrogens is 2. The Kier molecular flexibility index (Phi) is 5.70. The first-order valence-corrected chi connectivity index (χ1v) is 9.76. The Morgan fingerprint density at radius 1 is 0.963 bits per heavy atom. The van der Waals surface area contributed by atoms with Crippen LogP contribution in [0, 0.1) is 0 Å². The average Bonchev–Trinajstić information content (AvgIpc) is 3.18. The standard InChI is InChI=1S/C21H23ClN4O/c22-18-8-4-9-19(16-18)26-14-12-25(13-15-26)11-5-10-20-23-21(24-27-20)17-6-2-1-3-7-17/h1-4,6-9,16H,5,10-15H2. The van der Waals surface area contributed by atoms with Crippen LogP contribution in [-0.4, -0.2) is 47.8 Å². The van der Waals surface area contributed by atoms with Gasteiger partial charge in [0.1, 0.15) is 0 Å². The lowest BCUT2D eigenvalue weighted by atomic mass is 10.2. The minimum absolute atomic E-state index is 0.667. The van der Waals surface area contributed by atoms with Crippen LogP contribution in [0.15, 0.2) is 59.1 Å². The number of aryl methyl sites for hydroxylation is 1. The van der Waals surface area contributed by atoms with Gasteiger partial charge in [-0.15, -0.1) is 0 Å². The van der Waals surface area contributed by atoms with E-state index in [0.717, 1.165) is 56.2 Å². The molecule has 4 rings (SSSR count). The van der Waals surface area contributed by atoms with Gasteiger partial charge in [-0.3, -0.25) is 4.90 Å². The highest BCUT2D eigenvalue weighted by molar-refractivity contribution is 6.30. The quantitative estimate of drug-likeness (QED) is 0.641. The van der Waals surface area contributed by atoms with Gasteiger partial charge in [-0.1, -0.05) is 53.2 Å². The molecule has 3 aromatic rings. The van der Waals surface area contributed by atoms with E-state index in [2.05, 4.69) is 26.0 Å². The lowest BCUT2D eigenvalue weighted by Gasteiger charge is -2.36. The van der Waals surface area contributed by atoms with Gasteiger partial charge in [0.25, 0.3) is 0 Å². The lowest BCUT2D eigenvalue weighted by molar-refractivity contribution is 0.251. The number of rotatable bonds is 6. The molecule has 6 heteroatoms. The first kappa shape index (κ1) is 18.0. The van der Waals surface area contributed by atoms with Crippen molar-refractivity contribution in [1.82, 2.24) is 15.0 Å². The fourth-order valence-electron chi connectivity index (χ4n) is 3.42. The molecule has 0 atom stereocenters. The molecule has 27 heavy (non-hydrogen) atoms. The zero-order chi connectivity index (χ0) is 18.5. The summed E-state index contributed by atoms with van der Waals surface area (Å²) in [7, 11) is 0. The van der Waals surface area contributed by atoms with Gasteiger partial charge in [0.2, 0.25) is 11.7 Å². The molecule has 0 N–H and O–H groups in total. The SMILES string of the molecule is Clc1cccc(N2CCN(CCCc3nc(-c4ccccc4)no3)CC2)c1. The third-order valence-corrected chi connectivity index (χ3v) is 5.15. The van der Waals surface area contributed by atoms with Crippen molar-refractivity contribution in [2.24, 2.45) is 0 Å². The van der Waals surface area contributed by atoms with Gasteiger partial charge in [0.15, 0.2) is 0 Å². The van der Waals surface area contributed by atoms with E-state index >= 15 is 0 Å². The van der Waals surface area contributed by atoms with Gasteiger partial charge < -0.3 is 9.42 Å². The monoisotopic (exact) mass is 382 g/mol. The van der Waals surface area contributed by atoms with Crippen LogP contribution in [0.5, 0.6) is 0 Å². The second kappa shape index (κ2) is 8.55. The highest BCUT2D eigenvalue weighted by Crippen LogP contribution is 2.21. The Morgan fingerprint density at radius 3 is 2.56 bits per heavy atom. The van der Waals surface area contributed by atoms with E-state index < -0.39 is 0 Å². The molecule has 0 unspecified atom stereocenters. The van der Waals surface area contributed by atoms with Crippen molar-refractivity contribution < 1.29 is 4.52 Å². The molecule has 1 aliphatic rings. The second-order valence-corrected chi connectivity index (χ2v) is 7.23. The summed E-state index contributed by atoms with van der Waals surface area (Å²) in [6.45, 7) is 5.22. The normalized spacial score (nSPS) is 15.2. The summed E-state index contributed by atoms with van der Waals surface area (Å²) in [5.74, 6) is 1.38. The van der Waals surface area contributed by atoms with Crippen molar-refractivity contribution in [3.63, 3.8) is 0 Å². The van der Waals surface area contributed by atoms with E-state index in [4.69, 9.17) is 16.1 Å². The third kappa shape index (κ3) is 4.67. The van der Waals surface area contributed by atoms with Gasteiger partial charge in [0, 0.05) is 48.9 Å². The van der Waals surface area contributed by atoms with E-state index in [0.29, 0.717) is 11.7 Å². The molecule has 1 fully saturated rings. The molecule has 0 radical (unpaired) electrons. The lowest BCUT2D eigenvalue weighted by Crippen LogP contribution is -2.46. The van der Waals surface area contributed by atoms with Crippen LogP contribution in [0.25, 0.3) is 11.4 Å². The van der Waals surface area contributed by atoms with Crippen LogP contribution in [-0.2, 0) is 6.42 Å². The van der Waals surface area contributed by atoms with E-state index in [1.54, 1.807) is 0 Å². The first-order chi connectivity index (χ1) is 13.3. The summed E-state index contributed by atoms with van der Waals surface area (Å²) in [4.78, 5) is 9.40. The van der Waals surface area contributed by atoms with E-state index in [9.17, 15) is 0 Å². The third-order valence-electron chi connectivity index (χ3n) is 4.91. The molecule has 1 saturated heterocycles. The van der Waals surface area contributed by atoms with E-state index in [-0.39, 0.29) is 0 Å². The molecule has 0 bridgehead atoms. The summed E-state index contributed by atoms with van der Waals surface area (Å²) in [5.41, 5.74) is 2.20. The van der Waals surface area contributed by atoms with E-state index in [1.807, 2.05) is 48.5 Å². The van der Waals surface area contributed by atoms with Crippen molar-refractivity contribution in [3.05, 3.63) is 65.5 Å². The number of benzene rings is 2. The Morgan fingerprint density at radius 2 is 1.78 bits per heavy atom. The number of hydrogen-bond acceptors (Lipinski definition) is 5. The van der Waals surface area contributed by atoms with Crippen molar-refractivity contribution >= 4 is 17.3 Å². The van der Waals surface area contributed by atoms with Crippen LogP contribution >= 0.6 is 11.6 Å². The Bertz CT molecular complexity index is 859. The molecule has 140 valence electrons. The molecule has 2 heterocycles. The van der Waals surface area contributed by atoms with Crippen LogP contribution in [0.3, 0.4) is 0 Å². The largest absolute Gasteiger partial charge is 0.369 e. The topological polar surface area (TPSA) is 45.4 Å². The van der Waals surface area contributed by atoms with Crippen molar-refractivity contribution in [2.75, 3.05) is 37.6 Å². The van der Waals surface area contributed by atoms with Crippen LogP contribution in [0.2, 0.25) is 5.02 Å². The zero-order valence-corrected chi connectivity index (χ0v) is 16.0. The second-order valence-electron chi connectivity index (χ2n) is 6.79. The van der Waals surface area contributed by atoms with Crippen LogP contribution in [0.1, 0.15) is 12.3 Å². The molecular formula is C21H23ClN4O. The van der Waals surface area contributed by atoms with Crippen LogP contribution < -0.4 is 4.90 Å². The molecule has 0 aliphatic carbocycles. The Balaban J connectivity index is 1.22. The molecule has 1 aromatic heterocycles. The summed E-state index contributed by atoms with van der Waals surface area (Å²) < 4.78 is 5.39. The number of hydrogen-bond donors (Lipinski definition) is 0. The number of nitrogens with zero attached hydrogens (tertiary/aromatic N) is 4. The molecule has 0 amide bonds. The average molecular weight is 383 g/mol. The first-order valence-electron chi connectivity index (χ1n) is 9.39. The molecule has 0 spiro atoms. The van der Waals surface area contributed by atoms with Gasteiger partial charge in [-0.05, 0) is 31.2 Å². The minimum Gasteiger partial charge on any atom is -0.369 e. The number of anilines is 1. The van der Waals surface area contributed by atoms with Gasteiger partial charge >= 0.3 is 0 Å². The highest BCUT2D eigenvalue weighted by atomic mass is 35.5. The fraction of sp³-hybridized carbons (Fsp3) is 0.333. The highest BCUT2D eigenvalue weighted by Gasteiger charge is 2.17. The van der Waals surface area contributed by atoms with Crippen molar-refractivity contribution in [1.29, 1.82) is 0 Å². The summed E-state index contributed by atoms with van der Waals surface area (Å²) >= 11 is 6.10. The summed E-state index contributed by atoms with van der Waals surface area (Å²) in [6.07, 6.45) is 1.84. The maximum absolute atomic E-state index is 6.10. The van der Waals surface area contributed by atoms with Gasteiger partial charge in [-0.2, -0.15) is 4.98 Å². The fourth-order valence-corrected chi connectivity index (χ4v) is 3.60. The van der Waals surface area contributed by atoms with Crippen molar-refractivity contribution in [3.8, 4) is 11.4 Å². The summed E-state index contributed by atoms with van der Waals surface area (Å²) in [5, 5.41) is 4.88. The Hall–Kier alpha value is -2.37. The zero-order valence-electron chi connectivity index (χ0n) is 15.2. The molecule has 2 aromatic carbocycles. The number of halogens is 1. The maximum Gasteiger partial charge on any atom is 0.227 e. The summed E-state index contributed by atoms with van der Waals surface area (Å²) in [6, 6.07) is 18.0. The minimum atomic E-state index is 0.667. The van der Waals surface area contributed by atoms with Gasteiger partial charge in [0.05, 0.1) is 0 Å². The Labute approximate surface area is 164 Å².